The number of amides is 1. The number of benzene rings is 1. The first-order valence-electron chi connectivity index (χ1n) is 8.15. The minimum Gasteiger partial charge on any atom is -0.460 e. The Balaban J connectivity index is 1.78. The number of Topliss-reactive ketones (excluding diaryl/α,β-unsaturated/α-hetero) is 1. The first kappa shape index (κ1) is 15.7. The van der Waals surface area contributed by atoms with Crippen LogP contribution in [-0.2, 0) is 20.7 Å². The van der Waals surface area contributed by atoms with Crippen LogP contribution in [0.5, 0.6) is 0 Å². The summed E-state index contributed by atoms with van der Waals surface area (Å²) < 4.78 is 5.34. The van der Waals surface area contributed by atoms with Gasteiger partial charge in [0.25, 0.3) is 0 Å². The van der Waals surface area contributed by atoms with E-state index >= 15 is 0 Å². The van der Waals surface area contributed by atoms with Gasteiger partial charge in [0.2, 0.25) is 5.91 Å². The highest BCUT2D eigenvalue weighted by Gasteiger charge is 2.36. The van der Waals surface area contributed by atoms with Gasteiger partial charge in [0.1, 0.15) is 6.10 Å². The fourth-order valence-electron chi connectivity index (χ4n) is 3.33. The van der Waals surface area contributed by atoms with Crippen LogP contribution in [0.25, 0.3) is 0 Å². The summed E-state index contributed by atoms with van der Waals surface area (Å²) in [6.45, 7) is 1.77. The fourth-order valence-corrected chi connectivity index (χ4v) is 3.33. The molecule has 1 aliphatic carbocycles. The van der Waals surface area contributed by atoms with Gasteiger partial charge in [-0.3, -0.25) is 14.4 Å². The van der Waals surface area contributed by atoms with Crippen molar-refractivity contribution in [3.8, 4) is 0 Å². The number of cyclic esters (lactones) is 1. The fraction of sp³-hybridized carbons (Fsp3) is 0.500. The standard InChI is InChI=1S/C18H21NO4/c1-11(20)19-10-14-9-16(18(22)23-14)13-7-6-12-4-2-3-5-17(21)15(12)8-13/h6-8,14,16H,2-5,9-10H2,1H3,(H,19,20)/t14?,16-/m0/s1. The molecule has 1 fully saturated rings. The average molecular weight is 315 g/mol. The van der Waals surface area contributed by atoms with Gasteiger partial charge in [-0.25, -0.2) is 0 Å². The van der Waals surface area contributed by atoms with Crippen molar-refractivity contribution < 1.29 is 19.1 Å². The summed E-state index contributed by atoms with van der Waals surface area (Å²) in [5.41, 5.74) is 2.69. The van der Waals surface area contributed by atoms with Crippen LogP contribution in [0.15, 0.2) is 18.2 Å². The number of fused-ring (bicyclic) bond motifs is 1. The van der Waals surface area contributed by atoms with Gasteiger partial charge in [-0.15, -0.1) is 0 Å². The first-order chi connectivity index (χ1) is 11.0. The SMILES string of the molecule is CC(=O)NCC1C[C@@H](c2ccc3c(c2)C(=O)CCCC3)C(=O)O1. The number of ether oxygens (including phenoxy) is 1. The summed E-state index contributed by atoms with van der Waals surface area (Å²) in [7, 11) is 0. The number of ketones is 1. The van der Waals surface area contributed by atoms with Crippen LogP contribution in [0.1, 0.15) is 60.0 Å². The van der Waals surface area contributed by atoms with E-state index in [9.17, 15) is 14.4 Å². The van der Waals surface area contributed by atoms with Gasteiger partial charge < -0.3 is 10.1 Å². The average Bonchev–Trinajstić information content (AvgIpc) is 2.80. The van der Waals surface area contributed by atoms with E-state index in [-0.39, 0.29) is 29.7 Å². The lowest BCUT2D eigenvalue weighted by molar-refractivity contribution is -0.142. The van der Waals surface area contributed by atoms with E-state index in [1.54, 1.807) is 0 Å². The number of hydrogen-bond acceptors (Lipinski definition) is 4. The number of carbonyl (C=O) groups is 3. The Morgan fingerprint density at radius 1 is 1.26 bits per heavy atom. The Morgan fingerprint density at radius 3 is 2.83 bits per heavy atom. The topological polar surface area (TPSA) is 72.5 Å². The zero-order valence-corrected chi connectivity index (χ0v) is 13.3. The molecule has 1 N–H and O–H groups in total. The molecule has 0 radical (unpaired) electrons. The second-order valence-corrected chi connectivity index (χ2v) is 6.33. The predicted molar refractivity (Wildman–Crippen MR) is 84.2 cm³/mol. The molecule has 1 saturated heterocycles. The molecule has 0 spiro atoms. The molecule has 1 unspecified atom stereocenters. The molecule has 1 heterocycles. The summed E-state index contributed by atoms with van der Waals surface area (Å²) in [6.07, 6.45) is 3.69. The van der Waals surface area contributed by atoms with Crippen molar-refractivity contribution >= 4 is 17.7 Å². The quantitative estimate of drug-likeness (QED) is 0.685. The lowest BCUT2D eigenvalue weighted by atomic mass is 9.91. The third-order valence-electron chi connectivity index (χ3n) is 4.58. The number of rotatable bonds is 3. The molecule has 2 aliphatic rings. The van der Waals surface area contributed by atoms with Crippen molar-refractivity contribution in [2.24, 2.45) is 0 Å². The highest BCUT2D eigenvalue weighted by molar-refractivity contribution is 5.98. The number of carbonyl (C=O) groups excluding carboxylic acids is 3. The molecule has 5 nitrogen and oxygen atoms in total. The van der Waals surface area contributed by atoms with Crippen LogP contribution in [0, 0.1) is 0 Å². The molecule has 2 atom stereocenters. The molecule has 0 saturated carbocycles. The Bertz CT molecular complexity index is 652. The Morgan fingerprint density at radius 2 is 2.04 bits per heavy atom. The van der Waals surface area contributed by atoms with E-state index in [1.165, 1.54) is 6.92 Å². The largest absolute Gasteiger partial charge is 0.460 e. The molecule has 1 aromatic carbocycles. The van der Waals surface area contributed by atoms with E-state index in [1.807, 2.05) is 18.2 Å². The highest BCUT2D eigenvalue weighted by Crippen LogP contribution is 2.33. The molecule has 0 bridgehead atoms. The van der Waals surface area contributed by atoms with Crippen LogP contribution in [0.4, 0.5) is 0 Å². The smallest absolute Gasteiger partial charge is 0.313 e. The van der Waals surface area contributed by atoms with Gasteiger partial charge >= 0.3 is 5.97 Å². The lowest BCUT2D eigenvalue weighted by Crippen LogP contribution is -2.30. The Labute approximate surface area is 135 Å². The zero-order valence-electron chi connectivity index (χ0n) is 13.3. The van der Waals surface area contributed by atoms with Gasteiger partial charge in [0.05, 0.1) is 12.5 Å². The van der Waals surface area contributed by atoms with Gasteiger partial charge in [-0.05, 0) is 36.5 Å². The minimum atomic E-state index is -0.352. The van der Waals surface area contributed by atoms with Gasteiger partial charge in [0.15, 0.2) is 5.78 Å². The van der Waals surface area contributed by atoms with Gasteiger partial charge in [-0.2, -0.15) is 0 Å². The normalized spacial score (nSPS) is 23.9. The molecule has 23 heavy (non-hydrogen) atoms. The van der Waals surface area contributed by atoms with Gasteiger partial charge in [0, 0.05) is 25.3 Å². The summed E-state index contributed by atoms with van der Waals surface area (Å²) in [6, 6.07) is 5.78. The summed E-state index contributed by atoms with van der Waals surface area (Å²) >= 11 is 0. The maximum absolute atomic E-state index is 12.2. The van der Waals surface area contributed by atoms with Crippen molar-refractivity contribution in [1.82, 2.24) is 5.32 Å². The number of hydrogen-bond donors (Lipinski definition) is 1. The lowest BCUT2D eigenvalue weighted by Gasteiger charge is -2.11. The highest BCUT2D eigenvalue weighted by atomic mass is 16.6. The third-order valence-corrected chi connectivity index (χ3v) is 4.58. The summed E-state index contributed by atoms with van der Waals surface area (Å²) in [5, 5.41) is 2.68. The second kappa shape index (κ2) is 6.52. The van der Waals surface area contributed by atoms with E-state index in [0.717, 1.165) is 36.0 Å². The van der Waals surface area contributed by atoms with Crippen LogP contribution in [-0.4, -0.2) is 30.3 Å². The van der Waals surface area contributed by atoms with E-state index < -0.39 is 0 Å². The maximum atomic E-state index is 12.2. The minimum absolute atomic E-state index is 0.139. The van der Waals surface area contributed by atoms with E-state index in [4.69, 9.17) is 4.74 Å². The monoisotopic (exact) mass is 315 g/mol. The van der Waals surface area contributed by atoms with Crippen molar-refractivity contribution in [1.29, 1.82) is 0 Å². The van der Waals surface area contributed by atoms with Crippen LogP contribution >= 0.6 is 0 Å². The van der Waals surface area contributed by atoms with E-state index in [0.29, 0.717) is 19.4 Å². The molecule has 1 aromatic rings. The number of esters is 1. The Hall–Kier alpha value is -2.17. The second-order valence-electron chi connectivity index (χ2n) is 6.33. The molecule has 0 aromatic heterocycles. The Kier molecular flexibility index (Phi) is 4.46. The molecule has 1 amide bonds. The van der Waals surface area contributed by atoms with Gasteiger partial charge in [-0.1, -0.05) is 12.1 Å². The van der Waals surface area contributed by atoms with Crippen molar-refractivity contribution in [2.45, 2.75) is 51.0 Å². The maximum Gasteiger partial charge on any atom is 0.313 e. The van der Waals surface area contributed by atoms with Crippen molar-refractivity contribution in [3.63, 3.8) is 0 Å². The summed E-state index contributed by atoms with van der Waals surface area (Å²) in [5.74, 6) is -0.600. The molecule has 122 valence electrons. The number of aryl methyl sites for hydroxylation is 1. The number of nitrogens with one attached hydrogen (secondary N) is 1. The van der Waals surface area contributed by atoms with Crippen LogP contribution < -0.4 is 5.32 Å². The molecular formula is C18H21NO4. The molecule has 1 aliphatic heterocycles. The van der Waals surface area contributed by atoms with Crippen molar-refractivity contribution in [3.05, 3.63) is 34.9 Å². The van der Waals surface area contributed by atoms with Crippen molar-refractivity contribution in [2.75, 3.05) is 6.54 Å². The predicted octanol–water partition coefficient (Wildman–Crippen LogP) is 2.13. The van der Waals surface area contributed by atoms with E-state index in [2.05, 4.69) is 5.32 Å². The molecule has 3 rings (SSSR count). The molecular weight excluding hydrogens is 294 g/mol. The first-order valence-corrected chi connectivity index (χ1v) is 8.15. The van der Waals surface area contributed by atoms with Crippen LogP contribution in [0.2, 0.25) is 0 Å². The summed E-state index contributed by atoms with van der Waals surface area (Å²) in [4.78, 5) is 35.3. The molecule has 5 heteroatoms. The zero-order chi connectivity index (χ0) is 16.4. The van der Waals surface area contributed by atoms with Crippen LogP contribution in [0.3, 0.4) is 0 Å². The third kappa shape index (κ3) is 3.44.